The van der Waals surface area contributed by atoms with Crippen LogP contribution in [0, 0.1) is 3.57 Å². The van der Waals surface area contributed by atoms with Crippen LogP contribution < -0.4 is 4.74 Å². The molecule has 39 heavy (non-hydrogen) atoms. The second kappa shape index (κ2) is 11.2. The Morgan fingerprint density at radius 2 is 1.74 bits per heavy atom. The SMILES string of the molecule is CC(C)(C)OC(=O)N1CCC(n2cnc(-c3ccc(I)cc3)c2-c2ccnc(Oc3ccccc3O)n2)CC1. The molecule has 1 aliphatic rings. The van der Waals surface area contributed by atoms with Gasteiger partial charge in [-0.3, -0.25) is 0 Å². The van der Waals surface area contributed by atoms with Gasteiger partial charge in [0.25, 0.3) is 0 Å². The Bertz CT molecular complexity index is 1460. The van der Waals surface area contributed by atoms with Gasteiger partial charge < -0.3 is 24.0 Å². The third-order valence-electron chi connectivity index (χ3n) is 6.36. The molecule has 0 aliphatic carbocycles. The fourth-order valence-corrected chi connectivity index (χ4v) is 4.89. The van der Waals surface area contributed by atoms with Crippen molar-refractivity contribution in [2.75, 3.05) is 13.1 Å². The zero-order valence-corrected chi connectivity index (χ0v) is 24.2. The molecule has 1 saturated heterocycles. The topological polar surface area (TPSA) is 103 Å². The molecule has 10 heteroatoms. The zero-order chi connectivity index (χ0) is 27.6. The minimum Gasteiger partial charge on any atom is -0.504 e. The van der Waals surface area contributed by atoms with Crippen molar-refractivity contribution in [3.8, 4) is 40.2 Å². The Balaban J connectivity index is 1.47. The van der Waals surface area contributed by atoms with Crippen LogP contribution >= 0.6 is 22.6 Å². The number of rotatable bonds is 5. The molecule has 1 amide bonds. The number of carbonyl (C=O) groups is 1. The molecule has 5 rings (SSSR count). The first-order valence-corrected chi connectivity index (χ1v) is 13.9. The Hall–Kier alpha value is -3.67. The van der Waals surface area contributed by atoms with Gasteiger partial charge in [0.2, 0.25) is 0 Å². The monoisotopic (exact) mass is 639 g/mol. The Kier molecular flexibility index (Phi) is 7.74. The Labute approximate surface area is 241 Å². The molecule has 0 atom stereocenters. The highest BCUT2D eigenvalue weighted by Gasteiger charge is 2.30. The smallest absolute Gasteiger partial charge is 0.410 e. The van der Waals surface area contributed by atoms with Crippen molar-refractivity contribution in [3.63, 3.8) is 0 Å². The summed E-state index contributed by atoms with van der Waals surface area (Å²) in [6, 6.07) is 16.9. The van der Waals surface area contributed by atoms with Gasteiger partial charge in [0.1, 0.15) is 5.60 Å². The number of phenols is 1. The molecular formula is C29H30IN5O4. The number of ether oxygens (including phenoxy) is 2. The second-order valence-electron chi connectivity index (χ2n) is 10.3. The lowest BCUT2D eigenvalue weighted by Crippen LogP contribution is -2.42. The van der Waals surface area contributed by atoms with Crippen molar-refractivity contribution < 1.29 is 19.4 Å². The average molecular weight is 639 g/mol. The summed E-state index contributed by atoms with van der Waals surface area (Å²) in [6.45, 7) is 6.80. The van der Waals surface area contributed by atoms with E-state index in [0.29, 0.717) is 18.8 Å². The third kappa shape index (κ3) is 6.32. The third-order valence-corrected chi connectivity index (χ3v) is 7.08. The molecule has 0 radical (unpaired) electrons. The molecule has 1 fully saturated rings. The molecule has 0 unspecified atom stereocenters. The van der Waals surface area contributed by atoms with Gasteiger partial charge in [-0.2, -0.15) is 4.98 Å². The van der Waals surface area contributed by atoms with E-state index in [1.807, 2.05) is 57.4 Å². The lowest BCUT2D eigenvalue weighted by molar-refractivity contribution is 0.0189. The van der Waals surface area contributed by atoms with Gasteiger partial charge in [0, 0.05) is 34.5 Å². The van der Waals surface area contributed by atoms with Gasteiger partial charge in [-0.25, -0.2) is 14.8 Å². The maximum atomic E-state index is 12.6. The largest absolute Gasteiger partial charge is 0.504 e. The van der Waals surface area contributed by atoms with Crippen molar-refractivity contribution >= 4 is 28.7 Å². The zero-order valence-electron chi connectivity index (χ0n) is 22.0. The van der Waals surface area contributed by atoms with Gasteiger partial charge in [0.15, 0.2) is 11.5 Å². The lowest BCUT2D eigenvalue weighted by atomic mass is 10.0. The first kappa shape index (κ1) is 26.9. The van der Waals surface area contributed by atoms with E-state index in [9.17, 15) is 9.90 Å². The summed E-state index contributed by atoms with van der Waals surface area (Å²) in [4.78, 5) is 28.2. The molecule has 0 spiro atoms. The first-order valence-electron chi connectivity index (χ1n) is 12.8. The standard InChI is InChI=1S/C29H30IN5O4/c1-29(2,3)39-28(37)34-16-13-21(14-17-34)35-18-32-25(19-8-10-20(30)11-9-19)26(35)22-12-15-31-27(33-22)38-24-7-5-4-6-23(24)36/h4-12,15,18,21,36H,13-14,16-17H2,1-3H3. The van der Waals surface area contributed by atoms with E-state index >= 15 is 0 Å². The number of hydrogen-bond donors (Lipinski definition) is 1. The number of piperidine rings is 1. The number of likely N-dealkylation sites (tertiary alicyclic amines) is 1. The molecule has 2 aromatic heterocycles. The van der Waals surface area contributed by atoms with Crippen LogP contribution in [0.1, 0.15) is 39.7 Å². The number of benzene rings is 2. The van der Waals surface area contributed by atoms with Crippen LogP contribution in [0.25, 0.3) is 22.6 Å². The molecule has 1 aliphatic heterocycles. The first-order chi connectivity index (χ1) is 18.7. The Morgan fingerprint density at radius 3 is 2.44 bits per heavy atom. The molecule has 0 bridgehead atoms. The van der Waals surface area contributed by atoms with E-state index in [1.54, 1.807) is 35.4 Å². The number of para-hydroxylation sites is 2. The number of hydrogen-bond acceptors (Lipinski definition) is 7. The highest BCUT2D eigenvalue weighted by Crippen LogP contribution is 2.37. The highest BCUT2D eigenvalue weighted by atomic mass is 127. The van der Waals surface area contributed by atoms with Crippen LogP contribution in [-0.2, 0) is 4.74 Å². The molecular weight excluding hydrogens is 609 g/mol. The molecule has 202 valence electrons. The number of nitrogens with zero attached hydrogens (tertiary/aromatic N) is 5. The minimum atomic E-state index is -0.531. The van der Waals surface area contributed by atoms with Crippen molar-refractivity contribution in [2.24, 2.45) is 0 Å². The molecule has 4 aromatic rings. The maximum absolute atomic E-state index is 12.6. The number of aromatic nitrogens is 4. The fourth-order valence-electron chi connectivity index (χ4n) is 4.53. The van der Waals surface area contributed by atoms with Crippen LogP contribution in [0.2, 0.25) is 0 Å². The quantitative estimate of drug-likeness (QED) is 0.243. The molecule has 9 nitrogen and oxygen atoms in total. The normalized spacial score (nSPS) is 14.3. The summed E-state index contributed by atoms with van der Waals surface area (Å²) >= 11 is 2.28. The number of phenolic OH excluding ortho intramolecular Hbond substituents is 1. The summed E-state index contributed by atoms with van der Waals surface area (Å²) < 4.78 is 14.7. The van der Waals surface area contributed by atoms with Gasteiger partial charge in [-0.15, -0.1) is 0 Å². The highest BCUT2D eigenvalue weighted by molar-refractivity contribution is 14.1. The summed E-state index contributed by atoms with van der Waals surface area (Å²) in [5, 5.41) is 10.1. The number of amides is 1. The number of carbonyl (C=O) groups excluding carboxylic acids is 1. The fraction of sp³-hybridized carbons (Fsp3) is 0.310. The number of aromatic hydroxyl groups is 1. The predicted octanol–water partition coefficient (Wildman–Crippen LogP) is 6.68. The minimum absolute atomic E-state index is 0.00729. The molecule has 3 heterocycles. The van der Waals surface area contributed by atoms with E-state index in [-0.39, 0.29) is 29.6 Å². The van der Waals surface area contributed by atoms with E-state index in [1.165, 1.54) is 0 Å². The summed E-state index contributed by atoms with van der Waals surface area (Å²) in [7, 11) is 0. The van der Waals surface area contributed by atoms with Crippen molar-refractivity contribution in [2.45, 2.75) is 45.3 Å². The van der Waals surface area contributed by atoms with Gasteiger partial charge >= 0.3 is 12.1 Å². The van der Waals surface area contributed by atoms with Crippen LogP contribution in [0.4, 0.5) is 4.79 Å². The number of imidazole rings is 1. The lowest BCUT2D eigenvalue weighted by Gasteiger charge is -2.34. The van der Waals surface area contributed by atoms with E-state index in [0.717, 1.165) is 33.4 Å². The van der Waals surface area contributed by atoms with Crippen molar-refractivity contribution in [3.05, 3.63) is 70.7 Å². The van der Waals surface area contributed by atoms with Crippen molar-refractivity contribution in [1.29, 1.82) is 0 Å². The van der Waals surface area contributed by atoms with Crippen molar-refractivity contribution in [1.82, 2.24) is 24.4 Å². The summed E-state index contributed by atoms with van der Waals surface area (Å²) in [5.41, 5.74) is 2.73. The molecule has 1 N–H and O–H groups in total. The van der Waals surface area contributed by atoms with Crippen LogP contribution in [0.5, 0.6) is 17.5 Å². The molecule has 0 saturated carbocycles. The van der Waals surface area contributed by atoms with E-state index in [4.69, 9.17) is 19.4 Å². The predicted molar refractivity (Wildman–Crippen MR) is 156 cm³/mol. The van der Waals surface area contributed by atoms with Gasteiger partial charge in [0.05, 0.1) is 23.4 Å². The average Bonchev–Trinajstić information content (AvgIpc) is 3.35. The number of halogens is 1. The summed E-state index contributed by atoms with van der Waals surface area (Å²) in [5.74, 6) is 0.281. The Morgan fingerprint density at radius 1 is 1.03 bits per heavy atom. The second-order valence-corrected chi connectivity index (χ2v) is 11.6. The summed E-state index contributed by atoms with van der Waals surface area (Å²) in [6.07, 6.45) is 4.70. The van der Waals surface area contributed by atoms with Crippen LogP contribution in [0.15, 0.2) is 67.1 Å². The molecule has 2 aromatic carbocycles. The van der Waals surface area contributed by atoms with Crippen LogP contribution in [-0.4, -0.2) is 54.3 Å². The van der Waals surface area contributed by atoms with Gasteiger partial charge in [-0.1, -0.05) is 24.3 Å². The van der Waals surface area contributed by atoms with E-state index in [2.05, 4.69) is 32.1 Å². The van der Waals surface area contributed by atoms with Gasteiger partial charge in [-0.05, 0) is 86.5 Å². The van der Waals surface area contributed by atoms with E-state index < -0.39 is 5.60 Å². The maximum Gasteiger partial charge on any atom is 0.410 e. The van der Waals surface area contributed by atoms with Crippen LogP contribution in [0.3, 0.4) is 0 Å².